The minimum absolute atomic E-state index is 0.0898. The Balaban J connectivity index is 1.16. The summed E-state index contributed by atoms with van der Waals surface area (Å²) in [6.07, 6.45) is 6.93. The molecule has 3 heterocycles. The molecule has 2 fully saturated rings. The molecule has 4 rings (SSSR count). The number of carbonyl (C=O) groups is 1. The Labute approximate surface area is 238 Å². The lowest BCUT2D eigenvalue weighted by atomic mass is 9.96. The monoisotopic (exact) mass is 553 g/mol. The van der Waals surface area contributed by atoms with Crippen LogP contribution in [0.3, 0.4) is 0 Å². The number of aryl methyl sites for hydroxylation is 2. The molecule has 0 saturated carbocycles. The number of nitrogens with zero attached hydrogens (tertiary/aromatic N) is 4. The van der Waals surface area contributed by atoms with E-state index in [4.69, 9.17) is 21.0 Å². The fourth-order valence-corrected chi connectivity index (χ4v) is 5.53. The molecule has 39 heavy (non-hydrogen) atoms. The predicted molar refractivity (Wildman–Crippen MR) is 158 cm³/mol. The Morgan fingerprint density at radius 3 is 2.41 bits per heavy atom. The van der Waals surface area contributed by atoms with Gasteiger partial charge in [-0.05, 0) is 76.9 Å². The molecule has 0 spiro atoms. The van der Waals surface area contributed by atoms with Crippen LogP contribution in [0.2, 0.25) is 0 Å². The van der Waals surface area contributed by atoms with Crippen LogP contribution in [0.4, 0.5) is 0 Å². The first-order valence-electron chi connectivity index (χ1n) is 14.4. The number of rotatable bonds is 10. The number of halogens is 1. The van der Waals surface area contributed by atoms with Gasteiger partial charge < -0.3 is 14.6 Å². The van der Waals surface area contributed by atoms with Crippen LogP contribution in [0.15, 0.2) is 51.6 Å². The SMILES string of the molecule is C/C=C(\C=C(/C)Cl)N1CCN(CCNC(=O)C2CCN(Cc3nc(-c4ccc(CC)cc4)oc3C)CC2)CC1. The Bertz CT molecular complexity index is 1140. The summed E-state index contributed by atoms with van der Waals surface area (Å²) in [5.41, 5.74) is 4.49. The van der Waals surface area contributed by atoms with Crippen molar-refractivity contribution in [2.45, 2.75) is 53.5 Å². The third-order valence-corrected chi connectivity index (χ3v) is 8.05. The summed E-state index contributed by atoms with van der Waals surface area (Å²) < 4.78 is 5.99. The molecule has 8 heteroatoms. The first kappa shape index (κ1) is 29.4. The van der Waals surface area contributed by atoms with E-state index in [-0.39, 0.29) is 11.8 Å². The summed E-state index contributed by atoms with van der Waals surface area (Å²) in [5, 5.41) is 4.00. The molecule has 0 aliphatic carbocycles. The van der Waals surface area contributed by atoms with E-state index in [9.17, 15) is 4.79 Å². The van der Waals surface area contributed by atoms with E-state index >= 15 is 0 Å². The van der Waals surface area contributed by atoms with Crippen LogP contribution >= 0.6 is 11.6 Å². The van der Waals surface area contributed by atoms with Crippen LogP contribution in [-0.2, 0) is 17.8 Å². The van der Waals surface area contributed by atoms with Gasteiger partial charge in [-0.25, -0.2) is 4.98 Å². The maximum Gasteiger partial charge on any atom is 0.226 e. The highest BCUT2D eigenvalue weighted by atomic mass is 35.5. The molecule has 1 N–H and O–H groups in total. The second-order valence-electron chi connectivity index (χ2n) is 10.7. The minimum Gasteiger partial charge on any atom is -0.441 e. The standard InChI is InChI=1S/C31H44ClN5O2/c1-5-25-7-9-27(10-8-25)31-34-29(24(4)39-31)22-36-14-11-26(12-15-36)30(38)33-13-16-35-17-19-37(20-18-35)28(6-2)21-23(3)32/h6-10,21,26H,5,11-20,22H2,1-4H3,(H,33,38)/b23-21+,28-6+. The molecule has 1 aromatic heterocycles. The van der Waals surface area contributed by atoms with Gasteiger partial charge in [0.05, 0.1) is 5.69 Å². The van der Waals surface area contributed by atoms with E-state index in [0.717, 1.165) is 93.7 Å². The van der Waals surface area contributed by atoms with E-state index in [0.29, 0.717) is 12.4 Å². The molecule has 0 bridgehead atoms. The largest absolute Gasteiger partial charge is 0.441 e. The van der Waals surface area contributed by atoms with Gasteiger partial charge in [-0.2, -0.15) is 0 Å². The fraction of sp³-hybridized carbons (Fsp3) is 0.548. The number of piperazine rings is 1. The summed E-state index contributed by atoms with van der Waals surface area (Å²) in [6.45, 7) is 16.2. The number of aromatic nitrogens is 1. The van der Waals surface area contributed by atoms with Crippen LogP contribution < -0.4 is 5.32 Å². The van der Waals surface area contributed by atoms with Crippen molar-refractivity contribution in [3.8, 4) is 11.5 Å². The Hall–Kier alpha value is -2.61. The Kier molecular flexibility index (Phi) is 10.7. The molecule has 7 nitrogen and oxygen atoms in total. The molecular formula is C31H44ClN5O2. The normalized spacial score (nSPS) is 18.5. The van der Waals surface area contributed by atoms with Crippen molar-refractivity contribution in [1.82, 2.24) is 25.0 Å². The summed E-state index contributed by atoms with van der Waals surface area (Å²) in [7, 11) is 0. The fourth-order valence-electron chi connectivity index (χ4n) is 5.42. The zero-order valence-electron chi connectivity index (χ0n) is 24.0. The number of carbonyl (C=O) groups excluding carboxylic acids is 1. The smallest absolute Gasteiger partial charge is 0.226 e. The summed E-state index contributed by atoms with van der Waals surface area (Å²) in [4.78, 5) is 24.8. The van der Waals surface area contributed by atoms with E-state index in [2.05, 4.69) is 64.2 Å². The number of hydrogen-bond donors (Lipinski definition) is 1. The quantitative estimate of drug-likeness (QED) is 0.408. The van der Waals surface area contributed by atoms with Gasteiger partial charge in [-0.1, -0.05) is 36.7 Å². The van der Waals surface area contributed by atoms with Crippen LogP contribution in [0.1, 0.15) is 50.6 Å². The third-order valence-electron chi connectivity index (χ3n) is 7.94. The number of allylic oxidation sites excluding steroid dienone is 3. The number of oxazole rings is 1. The maximum atomic E-state index is 12.8. The first-order valence-corrected chi connectivity index (χ1v) is 14.8. The highest BCUT2D eigenvalue weighted by molar-refractivity contribution is 6.29. The number of piperidine rings is 1. The molecule has 212 valence electrons. The lowest BCUT2D eigenvalue weighted by Gasteiger charge is -2.37. The van der Waals surface area contributed by atoms with Crippen molar-refractivity contribution in [2.75, 3.05) is 52.4 Å². The second-order valence-corrected chi connectivity index (χ2v) is 11.3. The molecule has 2 saturated heterocycles. The lowest BCUT2D eigenvalue weighted by molar-refractivity contribution is -0.126. The summed E-state index contributed by atoms with van der Waals surface area (Å²) >= 11 is 6.08. The van der Waals surface area contributed by atoms with E-state index in [1.54, 1.807) is 0 Å². The molecule has 0 radical (unpaired) electrons. The third kappa shape index (κ3) is 8.19. The van der Waals surface area contributed by atoms with Crippen LogP contribution in [0.5, 0.6) is 0 Å². The van der Waals surface area contributed by atoms with Crippen molar-refractivity contribution in [2.24, 2.45) is 5.92 Å². The van der Waals surface area contributed by atoms with Gasteiger partial charge in [0.1, 0.15) is 5.76 Å². The highest BCUT2D eigenvalue weighted by Gasteiger charge is 2.26. The number of benzene rings is 1. The average molecular weight is 554 g/mol. The number of likely N-dealkylation sites (tertiary alicyclic amines) is 1. The highest BCUT2D eigenvalue weighted by Crippen LogP contribution is 2.25. The second kappa shape index (κ2) is 14.1. The van der Waals surface area contributed by atoms with Gasteiger partial charge in [0.25, 0.3) is 0 Å². The molecule has 2 aliphatic rings. The zero-order chi connectivity index (χ0) is 27.8. The predicted octanol–water partition coefficient (Wildman–Crippen LogP) is 5.20. The van der Waals surface area contributed by atoms with Gasteiger partial charge in [0.15, 0.2) is 0 Å². The van der Waals surface area contributed by atoms with Gasteiger partial charge in [-0.3, -0.25) is 14.6 Å². The topological polar surface area (TPSA) is 64.8 Å². The van der Waals surface area contributed by atoms with Gasteiger partial charge >= 0.3 is 0 Å². The lowest BCUT2D eigenvalue weighted by Crippen LogP contribution is -2.48. The molecule has 0 unspecified atom stereocenters. The van der Waals surface area contributed by atoms with E-state index in [1.807, 2.05) is 19.9 Å². The van der Waals surface area contributed by atoms with Crippen molar-refractivity contribution in [3.05, 3.63) is 64.2 Å². The Morgan fingerprint density at radius 2 is 1.79 bits per heavy atom. The summed E-state index contributed by atoms with van der Waals surface area (Å²) in [5.74, 6) is 1.85. The van der Waals surface area contributed by atoms with Crippen LogP contribution in [0.25, 0.3) is 11.5 Å². The molecule has 1 amide bonds. The molecule has 2 aliphatic heterocycles. The molecule has 0 atom stereocenters. The molecule has 2 aromatic rings. The van der Waals surface area contributed by atoms with Crippen LogP contribution in [0, 0.1) is 12.8 Å². The van der Waals surface area contributed by atoms with Crippen molar-refractivity contribution >= 4 is 17.5 Å². The Morgan fingerprint density at radius 1 is 1.10 bits per heavy atom. The van der Waals surface area contributed by atoms with Crippen LogP contribution in [-0.4, -0.2) is 77.9 Å². The molecule has 1 aromatic carbocycles. The van der Waals surface area contributed by atoms with Crippen molar-refractivity contribution < 1.29 is 9.21 Å². The van der Waals surface area contributed by atoms with Crippen molar-refractivity contribution in [3.63, 3.8) is 0 Å². The number of nitrogens with one attached hydrogen (secondary N) is 1. The minimum atomic E-state index is 0.0898. The number of hydrogen-bond acceptors (Lipinski definition) is 6. The average Bonchev–Trinajstić information content (AvgIpc) is 3.32. The number of amides is 1. The van der Waals surface area contributed by atoms with E-state index < -0.39 is 0 Å². The van der Waals surface area contributed by atoms with E-state index in [1.165, 1.54) is 11.3 Å². The first-order chi connectivity index (χ1) is 18.9. The molecular weight excluding hydrogens is 510 g/mol. The maximum absolute atomic E-state index is 12.8. The van der Waals surface area contributed by atoms with Gasteiger partial charge in [-0.15, -0.1) is 0 Å². The van der Waals surface area contributed by atoms with Gasteiger partial charge in [0, 0.05) is 68.0 Å². The zero-order valence-corrected chi connectivity index (χ0v) is 24.8. The summed E-state index contributed by atoms with van der Waals surface area (Å²) in [6, 6.07) is 8.43. The van der Waals surface area contributed by atoms with Crippen molar-refractivity contribution in [1.29, 1.82) is 0 Å². The van der Waals surface area contributed by atoms with Gasteiger partial charge in [0.2, 0.25) is 11.8 Å².